The first-order valence-electron chi connectivity index (χ1n) is 5.16. The van der Waals surface area contributed by atoms with E-state index >= 15 is 0 Å². The second-order valence-corrected chi connectivity index (χ2v) is 3.64. The Morgan fingerprint density at radius 2 is 2.44 bits per heavy atom. The summed E-state index contributed by atoms with van der Waals surface area (Å²) in [4.78, 5) is 11.1. The Bertz CT molecular complexity index is 364. The molecule has 1 aromatic rings. The van der Waals surface area contributed by atoms with Gasteiger partial charge < -0.3 is 4.74 Å². The molecule has 16 heavy (non-hydrogen) atoms. The number of carbonyl (C=O) groups is 1. The van der Waals surface area contributed by atoms with Gasteiger partial charge in [0.25, 0.3) is 0 Å². The molecule has 2 rings (SSSR count). The highest BCUT2D eigenvalue weighted by molar-refractivity contribution is 5.93. The molecular formula is C11H15N3O2. The van der Waals surface area contributed by atoms with Crippen LogP contribution in [0.25, 0.3) is 0 Å². The number of Topliss-reactive ketones (excluding diaryl/α,β-unsaturated/α-hetero) is 1. The van der Waals surface area contributed by atoms with Gasteiger partial charge in [0.2, 0.25) is 0 Å². The molecule has 2 heterocycles. The zero-order chi connectivity index (χ0) is 12.0. The topological polar surface area (TPSA) is 67.9 Å². The SMILES string of the molecule is C#N.CC(=O)c1cnn(C2CCCOC2)c1. The lowest BCUT2D eigenvalue weighted by Crippen LogP contribution is -2.21. The van der Waals surface area contributed by atoms with E-state index in [2.05, 4.69) is 11.7 Å². The molecule has 0 aliphatic carbocycles. The summed E-state index contributed by atoms with van der Waals surface area (Å²) in [5, 5.41) is 10.7. The first-order chi connectivity index (χ1) is 7.77. The molecular weight excluding hydrogens is 206 g/mol. The third kappa shape index (κ3) is 2.91. The minimum absolute atomic E-state index is 0.0629. The van der Waals surface area contributed by atoms with E-state index < -0.39 is 0 Å². The van der Waals surface area contributed by atoms with Crippen LogP contribution in [0.3, 0.4) is 0 Å². The molecule has 5 nitrogen and oxygen atoms in total. The molecule has 1 fully saturated rings. The third-order valence-corrected chi connectivity index (χ3v) is 2.52. The molecule has 0 N–H and O–H groups in total. The molecule has 1 atom stereocenters. The van der Waals surface area contributed by atoms with E-state index in [1.807, 2.05) is 10.9 Å². The highest BCUT2D eigenvalue weighted by atomic mass is 16.5. The number of hydrogen-bond acceptors (Lipinski definition) is 4. The van der Waals surface area contributed by atoms with Crippen molar-refractivity contribution in [1.29, 1.82) is 5.26 Å². The fourth-order valence-corrected chi connectivity index (χ4v) is 1.65. The summed E-state index contributed by atoms with van der Waals surface area (Å²) in [6.45, 7) is 6.61. The van der Waals surface area contributed by atoms with Gasteiger partial charge in [-0.1, -0.05) is 0 Å². The van der Waals surface area contributed by atoms with Gasteiger partial charge in [-0.2, -0.15) is 5.10 Å². The lowest BCUT2D eigenvalue weighted by atomic mass is 10.1. The highest BCUT2D eigenvalue weighted by Crippen LogP contribution is 2.18. The first-order valence-corrected chi connectivity index (χ1v) is 5.16. The van der Waals surface area contributed by atoms with Gasteiger partial charge in [0, 0.05) is 19.4 Å². The second kappa shape index (κ2) is 6.03. The van der Waals surface area contributed by atoms with E-state index in [0.717, 1.165) is 19.4 Å². The maximum absolute atomic E-state index is 11.1. The summed E-state index contributed by atoms with van der Waals surface area (Å²) in [6.07, 6.45) is 5.58. The van der Waals surface area contributed by atoms with Crippen LogP contribution in [0.5, 0.6) is 0 Å². The number of carbonyl (C=O) groups excluding carboxylic acids is 1. The van der Waals surface area contributed by atoms with E-state index in [0.29, 0.717) is 18.2 Å². The maximum Gasteiger partial charge on any atom is 0.162 e. The second-order valence-electron chi connectivity index (χ2n) is 3.64. The van der Waals surface area contributed by atoms with Crippen LogP contribution in [0.2, 0.25) is 0 Å². The smallest absolute Gasteiger partial charge is 0.162 e. The fraction of sp³-hybridized carbons (Fsp3) is 0.545. The molecule has 1 unspecified atom stereocenters. The van der Waals surface area contributed by atoms with Crippen LogP contribution in [-0.2, 0) is 4.74 Å². The molecule has 0 spiro atoms. The Morgan fingerprint density at radius 3 is 2.94 bits per heavy atom. The van der Waals surface area contributed by atoms with E-state index in [4.69, 9.17) is 10.00 Å². The fourth-order valence-electron chi connectivity index (χ4n) is 1.65. The molecule has 1 aliphatic rings. The highest BCUT2D eigenvalue weighted by Gasteiger charge is 2.17. The summed E-state index contributed by atoms with van der Waals surface area (Å²) in [6, 6.07) is 0.303. The summed E-state index contributed by atoms with van der Waals surface area (Å²) < 4.78 is 7.20. The van der Waals surface area contributed by atoms with Gasteiger partial charge in [0.05, 0.1) is 24.4 Å². The Labute approximate surface area is 94.6 Å². The van der Waals surface area contributed by atoms with E-state index in [1.165, 1.54) is 0 Å². The molecule has 1 aromatic heterocycles. The lowest BCUT2D eigenvalue weighted by molar-refractivity contribution is 0.0549. The average Bonchev–Trinajstić information content (AvgIpc) is 2.82. The van der Waals surface area contributed by atoms with Gasteiger partial charge in [-0.25, -0.2) is 5.26 Å². The predicted molar refractivity (Wildman–Crippen MR) is 58.0 cm³/mol. The predicted octanol–water partition coefficient (Wildman–Crippen LogP) is 1.58. The van der Waals surface area contributed by atoms with Crippen molar-refractivity contribution in [1.82, 2.24) is 9.78 Å². The molecule has 5 heteroatoms. The van der Waals surface area contributed by atoms with Gasteiger partial charge >= 0.3 is 0 Å². The molecule has 0 amide bonds. The summed E-state index contributed by atoms with van der Waals surface area (Å²) in [5.41, 5.74) is 0.676. The van der Waals surface area contributed by atoms with E-state index in [9.17, 15) is 4.79 Å². The van der Waals surface area contributed by atoms with Gasteiger partial charge in [-0.15, -0.1) is 0 Å². The van der Waals surface area contributed by atoms with Crippen molar-refractivity contribution in [2.75, 3.05) is 13.2 Å². The Hall–Kier alpha value is -1.67. The quantitative estimate of drug-likeness (QED) is 0.711. The normalized spacial score (nSPS) is 19.6. The van der Waals surface area contributed by atoms with Crippen molar-refractivity contribution in [2.24, 2.45) is 0 Å². The summed E-state index contributed by atoms with van der Waals surface area (Å²) >= 11 is 0. The van der Waals surface area contributed by atoms with Crippen molar-refractivity contribution in [3.05, 3.63) is 18.0 Å². The van der Waals surface area contributed by atoms with Crippen molar-refractivity contribution in [3.63, 3.8) is 0 Å². The zero-order valence-corrected chi connectivity index (χ0v) is 9.30. The minimum atomic E-state index is 0.0629. The largest absolute Gasteiger partial charge is 0.379 e. The maximum atomic E-state index is 11.1. The molecule has 0 aromatic carbocycles. The third-order valence-electron chi connectivity index (χ3n) is 2.52. The Balaban J connectivity index is 0.000000606. The standard InChI is InChI=1S/C10H14N2O2.CHN/c1-8(13)9-5-11-12(6-9)10-3-2-4-14-7-10;1-2/h5-6,10H,2-4,7H2,1H3;1H. The van der Waals surface area contributed by atoms with Gasteiger partial charge in [-0.3, -0.25) is 9.48 Å². The number of ether oxygens (including phenoxy) is 1. The number of nitrogens with zero attached hydrogens (tertiary/aromatic N) is 3. The molecule has 0 radical (unpaired) electrons. The number of aromatic nitrogens is 2. The molecule has 0 saturated carbocycles. The lowest BCUT2D eigenvalue weighted by Gasteiger charge is -2.22. The Kier molecular flexibility index (Phi) is 4.67. The van der Waals surface area contributed by atoms with Crippen LogP contribution in [-0.4, -0.2) is 28.8 Å². The average molecular weight is 221 g/mol. The first kappa shape index (κ1) is 12.4. The van der Waals surface area contributed by atoms with Crippen LogP contribution >= 0.6 is 0 Å². The monoisotopic (exact) mass is 221 g/mol. The number of hydrogen-bond donors (Lipinski definition) is 0. The molecule has 1 saturated heterocycles. The van der Waals surface area contributed by atoms with Gasteiger partial charge in [0.15, 0.2) is 5.78 Å². The van der Waals surface area contributed by atoms with Crippen LogP contribution in [0.4, 0.5) is 0 Å². The Morgan fingerprint density at radius 1 is 1.69 bits per heavy atom. The van der Waals surface area contributed by atoms with Crippen LogP contribution in [0, 0.1) is 11.8 Å². The summed E-state index contributed by atoms with van der Waals surface area (Å²) in [7, 11) is 0. The zero-order valence-electron chi connectivity index (χ0n) is 9.30. The van der Waals surface area contributed by atoms with Crippen molar-refractivity contribution >= 4 is 5.78 Å². The number of rotatable bonds is 2. The minimum Gasteiger partial charge on any atom is -0.379 e. The molecule has 0 bridgehead atoms. The van der Waals surface area contributed by atoms with Crippen LogP contribution in [0.15, 0.2) is 12.4 Å². The number of ketones is 1. The van der Waals surface area contributed by atoms with Crippen molar-refractivity contribution in [3.8, 4) is 6.57 Å². The van der Waals surface area contributed by atoms with E-state index in [1.54, 1.807) is 13.1 Å². The van der Waals surface area contributed by atoms with E-state index in [-0.39, 0.29) is 5.78 Å². The number of nitriles is 1. The van der Waals surface area contributed by atoms with Gasteiger partial charge in [-0.05, 0) is 19.8 Å². The van der Waals surface area contributed by atoms with Crippen LogP contribution in [0.1, 0.15) is 36.2 Å². The van der Waals surface area contributed by atoms with Gasteiger partial charge in [0.1, 0.15) is 0 Å². The molecule has 1 aliphatic heterocycles. The molecule has 86 valence electrons. The van der Waals surface area contributed by atoms with Crippen LogP contribution < -0.4 is 0 Å². The van der Waals surface area contributed by atoms with Crippen molar-refractivity contribution < 1.29 is 9.53 Å². The summed E-state index contributed by atoms with van der Waals surface area (Å²) in [5.74, 6) is 0.0629. The van der Waals surface area contributed by atoms with Crippen molar-refractivity contribution in [2.45, 2.75) is 25.8 Å².